The Morgan fingerprint density at radius 1 is 0.905 bits per heavy atom. The summed E-state index contributed by atoms with van der Waals surface area (Å²) in [6.07, 6.45) is 0.493. The minimum absolute atomic E-state index is 0.0225. The first-order valence-electron chi connectivity index (χ1n) is 5.85. The van der Waals surface area contributed by atoms with Crippen molar-refractivity contribution < 1.29 is 29.3 Å². The lowest BCUT2D eigenvalue weighted by Gasteiger charge is -2.08. The van der Waals surface area contributed by atoms with Crippen LogP contribution in [0.15, 0.2) is 42.5 Å². The van der Waals surface area contributed by atoms with Crippen LogP contribution in [0.3, 0.4) is 0 Å². The van der Waals surface area contributed by atoms with Crippen molar-refractivity contribution in [2.75, 3.05) is 0 Å². The number of hydrogen-bond acceptors (Lipinski definition) is 4. The molecule has 0 unspecified atom stereocenters. The topological polar surface area (TPSA) is 101 Å². The first-order valence-corrected chi connectivity index (χ1v) is 5.85. The number of benzene rings is 2. The summed E-state index contributed by atoms with van der Waals surface area (Å²) >= 11 is 0. The van der Waals surface area contributed by atoms with Crippen molar-refractivity contribution in [3.63, 3.8) is 0 Å². The van der Waals surface area contributed by atoms with Gasteiger partial charge < -0.3 is 14.9 Å². The van der Waals surface area contributed by atoms with E-state index in [9.17, 15) is 14.4 Å². The Hall–Kier alpha value is -3.15. The fourth-order valence-corrected chi connectivity index (χ4v) is 1.66. The zero-order chi connectivity index (χ0) is 15.4. The molecule has 6 heteroatoms. The van der Waals surface area contributed by atoms with Gasteiger partial charge in [0, 0.05) is 0 Å². The van der Waals surface area contributed by atoms with Gasteiger partial charge in [0.15, 0.2) is 6.29 Å². The quantitative estimate of drug-likeness (QED) is 0.819. The van der Waals surface area contributed by atoms with Gasteiger partial charge in [-0.2, -0.15) is 0 Å². The Labute approximate surface area is 119 Å². The summed E-state index contributed by atoms with van der Waals surface area (Å²) in [5, 5.41) is 17.6. The van der Waals surface area contributed by atoms with Gasteiger partial charge in [0.25, 0.3) is 0 Å². The van der Waals surface area contributed by atoms with E-state index >= 15 is 0 Å². The summed E-state index contributed by atoms with van der Waals surface area (Å²) in [4.78, 5) is 32.5. The lowest BCUT2D eigenvalue weighted by Crippen LogP contribution is -1.99. The first-order chi connectivity index (χ1) is 10.0. The third-order valence-electron chi connectivity index (χ3n) is 2.71. The van der Waals surface area contributed by atoms with E-state index in [2.05, 4.69) is 0 Å². The number of carboxylic acids is 2. The molecule has 0 aliphatic carbocycles. The molecule has 106 valence electrons. The maximum Gasteiger partial charge on any atom is 0.335 e. The summed E-state index contributed by atoms with van der Waals surface area (Å²) in [5.41, 5.74) is 0.182. The lowest BCUT2D eigenvalue weighted by molar-refractivity contribution is 0.0686. The van der Waals surface area contributed by atoms with Gasteiger partial charge in [-0.3, -0.25) is 4.79 Å². The van der Waals surface area contributed by atoms with Crippen LogP contribution < -0.4 is 4.74 Å². The molecule has 0 aliphatic rings. The van der Waals surface area contributed by atoms with Crippen LogP contribution in [-0.4, -0.2) is 28.4 Å². The number of aldehydes is 1. The molecule has 2 rings (SSSR count). The summed E-state index contributed by atoms with van der Waals surface area (Å²) in [6, 6.07) is 9.52. The summed E-state index contributed by atoms with van der Waals surface area (Å²) in [7, 11) is 0. The summed E-state index contributed by atoms with van der Waals surface area (Å²) in [6.45, 7) is 0. The van der Waals surface area contributed by atoms with Crippen molar-refractivity contribution in [1.29, 1.82) is 0 Å². The minimum atomic E-state index is -1.14. The van der Waals surface area contributed by atoms with E-state index in [1.807, 2.05) is 0 Å². The highest BCUT2D eigenvalue weighted by Gasteiger charge is 2.10. The number of carboxylic acid groups (broad SMARTS) is 2. The highest BCUT2D eigenvalue weighted by molar-refractivity contribution is 5.91. The number of carbonyl (C=O) groups excluding carboxylic acids is 1. The average Bonchev–Trinajstić information content (AvgIpc) is 2.48. The maximum atomic E-state index is 11.0. The van der Waals surface area contributed by atoms with E-state index in [1.165, 1.54) is 42.5 Å². The van der Waals surface area contributed by atoms with Crippen LogP contribution in [0.2, 0.25) is 0 Å². The number of aromatic carboxylic acids is 2. The molecule has 0 fully saturated rings. The van der Waals surface area contributed by atoms with Crippen molar-refractivity contribution in [2.24, 2.45) is 0 Å². The van der Waals surface area contributed by atoms with Crippen LogP contribution in [0.1, 0.15) is 31.1 Å². The molecule has 21 heavy (non-hydrogen) atoms. The summed E-state index contributed by atoms with van der Waals surface area (Å²) in [5.74, 6) is -1.67. The zero-order valence-corrected chi connectivity index (χ0v) is 10.6. The monoisotopic (exact) mass is 286 g/mol. The standard InChI is InChI=1S/C15H10O6/c16-8-11-7-10(15(19)20)3-6-13(11)21-12-4-1-9(2-5-12)14(17)18/h1-8H,(H,17,18)(H,19,20). The Morgan fingerprint density at radius 3 is 2.00 bits per heavy atom. The average molecular weight is 286 g/mol. The molecule has 0 aromatic heterocycles. The summed E-state index contributed by atoms with van der Waals surface area (Å²) < 4.78 is 5.45. The van der Waals surface area contributed by atoms with Crippen LogP contribution >= 0.6 is 0 Å². The third-order valence-corrected chi connectivity index (χ3v) is 2.71. The molecule has 2 N–H and O–H groups in total. The molecule has 0 spiro atoms. The second kappa shape index (κ2) is 5.87. The van der Waals surface area contributed by atoms with Gasteiger partial charge in [-0.15, -0.1) is 0 Å². The van der Waals surface area contributed by atoms with Crippen LogP contribution in [-0.2, 0) is 0 Å². The zero-order valence-electron chi connectivity index (χ0n) is 10.6. The van der Waals surface area contributed by atoms with Crippen molar-refractivity contribution in [2.45, 2.75) is 0 Å². The molecule has 2 aromatic carbocycles. The number of hydrogen-bond donors (Lipinski definition) is 2. The predicted octanol–water partition coefficient (Wildman–Crippen LogP) is 2.69. The van der Waals surface area contributed by atoms with Gasteiger partial charge in [-0.1, -0.05) is 0 Å². The largest absolute Gasteiger partial charge is 0.478 e. The molecule has 2 aromatic rings. The van der Waals surface area contributed by atoms with Crippen molar-refractivity contribution in [3.8, 4) is 11.5 Å². The van der Waals surface area contributed by atoms with Crippen LogP contribution in [0, 0.1) is 0 Å². The van der Waals surface area contributed by atoms with Crippen molar-refractivity contribution >= 4 is 18.2 Å². The molecule has 0 saturated heterocycles. The molecule has 0 heterocycles. The minimum Gasteiger partial charge on any atom is -0.478 e. The van der Waals surface area contributed by atoms with Crippen molar-refractivity contribution in [3.05, 3.63) is 59.2 Å². The molecule has 6 nitrogen and oxygen atoms in total. The third kappa shape index (κ3) is 3.24. The Balaban J connectivity index is 2.28. The smallest absolute Gasteiger partial charge is 0.335 e. The first kappa shape index (κ1) is 14.3. The van der Waals surface area contributed by atoms with Crippen molar-refractivity contribution in [1.82, 2.24) is 0 Å². The van der Waals surface area contributed by atoms with E-state index < -0.39 is 11.9 Å². The van der Waals surface area contributed by atoms with Gasteiger partial charge in [0.2, 0.25) is 0 Å². The van der Waals surface area contributed by atoms with E-state index in [0.29, 0.717) is 12.0 Å². The van der Waals surface area contributed by atoms with E-state index in [0.717, 1.165) is 0 Å². The number of carbonyl (C=O) groups is 3. The Bertz CT molecular complexity index is 703. The predicted molar refractivity (Wildman–Crippen MR) is 72.3 cm³/mol. The SMILES string of the molecule is O=Cc1cc(C(=O)O)ccc1Oc1ccc(C(=O)O)cc1. The second-order valence-corrected chi connectivity index (χ2v) is 4.11. The van der Waals surface area contributed by atoms with Crippen LogP contribution in [0.4, 0.5) is 0 Å². The van der Waals surface area contributed by atoms with E-state index in [-0.39, 0.29) is 22.4 Å². The number of ether oxygens (including phenoxy) is 1. The molecule has 0 saturated carbocycles. The Morgan fingerprint density at radius 2 is 1.48 bits per heavy atom. The fraction of sp³-hybridized carbons (Fsp3) is 0. The molecule has 0 atom stereocenters. The maximum absolute atomic E-state index is 11.0. The second-order valence-electron chi connectivity index (χ2n) is 4.11. The van der Waals surface area contributed by atoms with E-state index in [1.54, 1.807) is 0 Å². The van der Waals surface area contributed by atoms with Crippen LogP contribution in [0.25, 0.3) is 0 Å². The normalized spacial score (nSPS) is 9.90. The molecule has 0 amide bonds. The van der Waals surface area contributed by atoms with Crippen LogP contribution in [0.5, 0.6) is 11.5 Å². The fourth-order valence-electron chi connectivity index (χ4n) is 1.66. The van der Waals surface area contributed by atoms with E-state index in [4.69, 9.17) is 14.9 Å². The highest BCUT2D eigenvalue weighted by Crippen LogP contribution is 2.25. The van der Waals surface area contributed by atoms with Gasteiger partial charge in [-0.05, 0) is 42.5 Å². The van der Waals surface area contributed by atoms with Gasteiger partial charge >= 0.3 is 11.9 Å². The lowest BCUT2D eigenvalue weighted by atomic mass is 10.1. The van der Waals surface area contributed by atoms with Gasteiger partial charge in [0.05, 0.1) is 16.7 Å². The molecule has 0 aliphatic heterocycles. The molecule has 0 bridgehead atoms. The molecule has 0 radical (unpaired) electrons. The van der Waals surface area contributed by atoms with Gasteiger partial charge in [0.1, 0.15) is 11.5 Å². The number of rotatable bonds is 5. The van der Waals surface area contributed by atoms with Gasteiger partial charge in [-0.25, -0.2) is 9.59 Å². The molecular formula is C15H10O6. The Kier molecular flexibility index (Phi) is 3.99. The highest BCUT2D eigenvalue weighted by atomic mass is 16.5. The molecular weight excluding hydrogens is 276 g/mol.